The fourth-order valence-electron chi connectivity index (χ4n) is 3.51. The van der Waals surface area contributed by atoms with Crippen LogP contribution in [0.25, 0.3) is 0 Å². The molecule has 6 nitrogen and oxygen atoms in total. The summed E-state index contributed by atoms with van der Waals surface area (Å²) < 4.78 is 11.2. The minimum atomic E-state index is 0.215. The van der Waals surface area contributed by atoms with Crippen molar-refractivity contribution in [2.75, 3.05) is 51.4 Å². The predicted molar refractivity (Wildman–Crippen MR) is 83.2 cm³/mol. The van der Waals surface area contributed by atoms with Crippen molar-refractivity contribution in [3.05, 3.63) is 17.3 Å². The molecule has 2 fully saturated rings. The Balaban J connectivity index is 1.30. The molecule has 120 valence electrons. The SMILES string of the molecule is CN(CC1COCCO1)C1CN(c2cc3c(nn2)CCC3)C1. The summed E-state index contributed by atoms with van der Waals surface area (Å²) >= 11 is 0. The van der Waals surface area contributed by atoms with Crippen LogP contribution in [0.1, 0.15) is 17.7 Å². The van der Waals surface area contributed by atoms with E-state index in [4.69, 9.17) is 9.47 Å². The van der Waals surface area contributed by atoms with E-state index in [0.29, 0.717) is 6.04 Å². The van der Waals surface area contributed by atoms with Gasteiger partial charge in [0.2, 0.25) is 0 Å². The first-order valence-corrected chi connectivity index (χ1v) is 8.29. The van der Waals surface area contributed by atoms with E-state index in [1.54, 1.807) is 0 Å². The van der Waals surface area contributed by atoms with Gasteiger partial charge in [-0.05, 0) is 37.9 Å². The number of fused-ring (bicyclic) bond motifs is 1. The maximum Gasteiger partial charge on any atom is 0.151 e. The van der Waals surface area contributed by atoms with Gasteiger partial charge in [-0.15, -0.1) is 5.10 Å². The molecule has 1 aromatic heterocycles. The molecule has 22 heavy (non-hydrogen) atoms. The van der Waals surface area contributed by atoms with Crippen LogP contribution < -0.4 is 4.90 Å². The van der Waals surface area contributed by atoms with Gasteiger partial charge in [0.15, 0.2) is 5.82 Å². The number of aryl methyl sites for hydroxylation is 2. The molecular formula is C16H24N4O2. The molecule has 0 radical (unpaired) electrons. The van der Waals surface area contributed by atoms with Crippen molar-refractivity contribution in [2.24, 2.45) is 0 Å². The van der Waals surface area contributed by atoms with E-state index in [9.17, 15) is 0 Å². The zero-order valence-corrected chi connectivity index (χ0v) is 13.2. The molecule has 0 aromatic carbocycles. The van der Waals surface area contributed by atoms with Gasteiger partial charge < -0.3 is 14.4 Å². The summed E-state index contributed by atoms with van der Waals surface area (Å²) in [6.07, 6.45) is 3.70. The van der Waals surface area contributed by atoms with Gasteiger partial charge in [0, 0.05) is 25.7 Å². The summed E-state index contributed by atoms with van der Waals surface area (Å²) in [4.78, 5) is 4.71. The highest BCUT2D eigenvalue weighted by atomic mass is 16.6. The third-order valence-corrected chi connectivity index (χ3v) is 4.99. The highest BCUT2D eigenvalue weighted by molar-refractivity contribution is 5.45. The monoisotopic (exact) mass is 304 g/mol. The van der Waals surface area contributed by atoms with E-state index in [0.717, 1.165) is 58.1 Å². The van der Waals surface area contributed by atoms with Crippen LogP contribution in [0.4, 0.5) is 5.82 Å². The summed E-state index contributed by atoms with van der Waals surface area (Å²) in [5, 5.41) is 8.78. The van der Waals surface area contributed by atoms with E-state index in [1.807, 2.05) is 0 Å². The molecular weight excluding hydrogens is 280 g/mol. The molecule has 3 heterocycles. The average Bonchev–Trinajstić information content (AvgIpc) is 2.94. The summed E-state index contributed by atoms with van der Waals surface area (Å²) in [7, 11) is 2.17. The lowest BCUT2D eigenvalue weighted by molar-refractivity contribution is -0.0990. The predicted octanol–water partition coefficient (Wildman–Crippen LogP) is 0.501. The first-order chi connectivity index (χ1) is 10.8. The Hall–Kier alpha value is -1.24. The fraction of sp³-hybridized carbons (Fsp3) is 0.750. The minimum absolute atomic E-state index is 0.215. The first-order valence-electron chi connectivity index (χ1n) is 8.29. The minimum Gasteiger partial charge on any atom is -0.376 e. The molecule has 1 unspecified atom stereocenters. The summed E-state index contributed by atoms with van der Waals surface area (Å²) in [6.45, 7) is 5.16. The van der Waals surface area contributed by atoms with E-state index < -0.39 is 0 Å². The van der Waals surface area contributed by atoms with Crippen LogP contribution in [0.3, 0.4) is 0 Å². The molecule has 2 aliphatic heterocycles. The Morgan fingerprint density at radius 3 is 3.00 bits per heavy atom. The second-order valence-electron chi connectivity index (χ2n) is 6.59. The maximum absolute atomic E-state index is 5.73. The quantitative estimate of drug-likeness (QED) is 0.807. The fourth-order valence-corrected chi connectivity index (χ4v) is 3.51. The molecule has 0 bridgehead atoms. The van der Waals surface area contributed by atoms with E-state index in [-0.39, 0.29) is 6.10 Å². The van der Waals surface area contributed by atoms with E-state index >= 15 is 0 Å². The third kappa shape index (κ3) is 2.83. The van der Waals surface area contributed by atoms with Gasteiger partial charge in [-0.25, -0.2) is 0 Å². The van der Waals surface area contributed by atoms with Gasteiger partial charge in [-0.1, -0.05) is 0 Å². The molecule has 4 rings (SSSR count). The first kappa shape index (κ1) is 14.4. The second kappa shape index (κ2) is 6.10. The number of hydrogen-bond acceptors (Lipinski definition) is 6. The van der Waals surface area contributed by atoms with Gasteiger partial charge in [-0.2, -0.15) is 5.10 Å². The van der Waals surface area contributed by atoms with Crippen LogP contribution in [-0.4, -0.2) is 73.7 Å². The largest absolute Gasteiger partial charge is 0.376 e. The summed E-state index contributed by atoms with van der Waals surface area (Å²) in [5.74, 6) is 1.04. The molecule has 1 aliphatic carbocycles. The van der Waals surface area contributed by atoms with Crippen molar-refractivity contribution in [2.45, 2.75) is 31.4 Å². The Morgan fingerprint density at radius 2 is 2.18 bits per heavy atom. The molecule has 1 aromatic rings. The molecule has 3 aliphatic rings. The Kier molecular flexibility index (Phi) is 3.98. The van der Waals surface area contributed by atoms with Crippen molar-refractivity contribution in [3.8, 4) is 0 Å². The lowest BCUT2D eigenvalue weighted by Crippen LogP contribution is -2.60. The Bertz CT molecular complexity index is 527. The molecule has 0 spiro atoms. The maximum atomic E-state index is 5.73. The number of hydrogen-bond donors (Lipinski definition) is 0. The molecule has 0 saturated carbocycles. The molecule has 2 saturated heterocycles. The Labute approximate surface area is 131 Å². The van der Waals surface area contributed by atoms with Crippen LogP contribution >= 0.6 is 0 Å². The zero-order chi connectivity index (χ0) is 14.9. The second-order valence-corrected chi connectivity index (χ2v) is 6.59. The van der Waals surface area contributed by atoms with E-state index in [2.05, 4.69) is 33.1 Å². The smallest absolute Gasteiger partial charge is 0.151 e. The van der Waals surface area contributed by atoms with E-state index in [1.165, 1.54) is 17.7 Å². The molecule has 0 N–H and O–H groups in total. The highest BCUT2D eigenvalue weighted by Crippen LogP contribution is 2.26. The number of rotatable bonds is 4. The van der Waals surface area contributed by atoms with Crippen LogP contribution in [0, 0.1) is 0 Å². The third-order valence-electron chi connectivity index (χ3n) is 4.99. The average molecular weight is 304 g/mol. The lowest BCUT2D eigenvalue weighted by atomic mass is 10.1. The van der Waals surface area contributed by atoms with Crippen molar-refractivity contribution in [1.29, 1.82) is 0 Å². The highest BCUT2D eigenvalue weighted by Gasteiger charge is 2.33. The van der Waals surface area contributed by atoms with Crippen molar-refractivity contribution < 1.29 is 9.47 Å². The number of ether oxygens (including phenoxy) is 2. The number of likely N-dealkylation sites (N-methyl/N-ethyl adjacent to an activating group) is 1. The number of nitrogens with zero attached hydrogens (tertiary/aromatic N) is 4. The van der Waals surface area contributed by atoms with Crippen LogP contribution in [0.5, 0.6) is 0 Å². The van der Waals surface area contributed by atoms with Crippen LogP contribution in [0.15, 0.2) is 6.07 Å². The lowest BCUT2D eigenvalue weighted by Gasteiger charge is -2.45. The van der Waals surface area contributed by atoms with Crippen LogP contribution in [-0.2, 0) is 22.3 Å². The number of aromatic nitrogens is 2. The normalized spacial score (nSPS) is 25.4. The van der Waals surface area contributed by atoms with Gasteiger partial charge in [0.05, 0.1) is 31.6 Å². The van der Waals surface area contributed by atoms with Gasteiger partial charge in [-0.3, -0.25) is 4.90 Å². The molecule has 6 heteroatoms. The van der Waals surface area contributed by atoms with Crippen molar-refractivity contribution in [1.82, 2.24) is 15.1 Å². The topological polar surface area (TPSA) is 50.7 Å². The van der Waals surface area contributed by atoms with Crippen LogP contribution in [0.2, 0.25) is 0 Å². The summed E-state index contributed by atoms with van der Waals surface area (Å²) in [5.41, 5.74) is 2.60. The molecule has 0 amide bonds. The standard InChI is InChI=1S/C16H24N4O2/c1-19(10-14-11-21-5-6-22-14)13-8-20(9-13)16-7-12-3-2-4-15(12)17-18-16/h7,13-14H,2-6,8-11H2,1H3. The van der Waals surface area contributed by atoms with Gasteiger partial charge in [0.25, 0.3) is 0 Å². The summed E-state index contributed by atoms with van der Waals surface area (Å²) in [6, 6.07) is 2.81. The number of anilines is 1. The van der Waals surface area contributed by atoms with Crippen molar-refractivity contribution in [3.63, 3.8) is 0 Å². The Morgan fingerprint density at radius 1 is 1.27 bits per heavy atom. The molecule has 1 atom stereocenters. The van der Waals surface area contributed by atoms with Crippen molar-refractivity contribution >= 4 is 5.82 Å². The van der Waals surface area contributed by atoms with Gasteiger partial charge in [0.1, 0.15) is 0 Å². The van der Waals surface area contributed by atoms with Gasteiger partial charge >= 0.3 is 0 Å². The zero-order valence-electron chi connectivity index (χ0n) is 13.2.